The number of hydrogen-bond donors (Lipinski definition) is 1. The summed E-state index contributed by atoms with van der Waals surface area (Å²) >= 11 is 0. The Morgan fingerprint density at radius 2 is 2.08 bits per heavy atom. The third kappa shape index (κ3) is 3.84. The highest BCUT2D eigenvalue weighted by molar-refractivity contribution is 5.94. The van der Waals surface area contributed by atoms with Gasteiger partial charge in [-0.3, -0.25) is 14.2 Å². The lowest BCUT2D eigenvalue weighted by molar-refractivity contribution is 0.0919. The third-order valence-electron chi connectivity index (χ3n) is 4.00. The number of imidazole rings is 1. The van der Waals surface area contributed by atoms with Crippen LogP contribution in [0.4, 0.5) is 0 Å². The molecule has 0 spiro atoms. The molecule has 0 saturated heterocycles. The van der Waals surface area contributed by atoms with E-state index in [1.54, 1.807) is 35.3 Å². The van der Waals surface area contributed by atoms with E-state index in [4.69, 9.17) is 0 Å². The summed E-state index contributed by atoms with van der Waals surface area (Å²) < 4.78 is 1.72. The summed E-state index contributed by atoms with van der Waals surface area (Å²) in [6.07, 6.45) is 7.82. The van der Waals surface area contributed by atoms with Gasteiger partial charge in [0.2, 0.25) is 5.78 Å². The molecule has 0 aliphatic carbocycles. The van der Waals surface area contributed by atoms with Crippen LogP contribution in [0.15, 0.2) is 43.0 Å². The van der Waals surface area contributed by atoms with Gasteiger partial charge in [0.1, 0.15) is 5.69 Å². The van der Waals surface area contributed by atoms with Gasteiger partial charge in [-0.1, -0.05) is 26.8 Å². The average molecular weight is 337 g/mol. The summed E-state index contributed by atoms with van der Waals surface area (Å²) in [6, 6.07) is 5.55. The number of fused-ring (bicyclic) bond motifs is 1. The van der Waals surface area contributed by atoms with Gasteiger partial charge in [-0.2, -0.15) is 0 Å². The molecule has 3 heterocycles. The molecule has 1 unspecified atom stereocenters. The Labute approximate surface area is 147 Å². The molecule has 1 atom stereocenters. The largest absolute Gasteiger partial charge is 0.344 e. The Morgan fingerprint density at radius 1 is 1.28 bits per heavy atom. The van der Waals surface area contributed by atoms with Gasteiger partial charge in [0.05, 0.1) is 11.7 Å². The van der Waals surface area contributed by atoms with E-state index < -0.39 is 0 Å². The van der Waals surface area contributed by atoms with Crippen molar-refractivity contribution in [1.82, 2.24) is 24.7 Å². The van der Waals surface area contributed by atoms with Crippen molar-refractivity contribution in [3.63, 3.8) is 0 Å². The maximum atomic E-state index is 13.0. The van der Waals surface area contributed by atoms with E-state index in [-0.39, 0.29) is 17.4 Å². The predicted molar refractivity (Wildman–Crippen MR) is 96.2 cm³/mol. The second-order valence-electron chi connectivity index (χ2n) is 7.41. The number of carbonyl (C=O) groups excluding carboxylic acids is 1. The Balaban J connectivity index is 1.93. The highest BCUT2D eigenvalue weighted by Crippen LogP contribution is 2.29. The summed E-state index contributed by atoms with van der Waals surface area (Å²) in [5.41, 5.74) is 2.24. The predicted octanol–water partition coefficient (Wildman–Crippen LogP) is 3.34. The topological polar surface area (TPSA) is 72.2 Å². The van der Waals surface area contributed by atoms with Crippen molar-refractivity contribution in [3.8, 4) is 0 Å². The van der Waals surface area contributed by atoms with E-state index >= 15 is 0 Å². The SMILES string of the molecule is Cc1nc2ncccn2c1C(=O)NC(CC(C)(C)C)c1cccnc1. The average Bonchev–Trinajstić information content (AvgIpc) is 2.89. The first kappa shape index (κ1) is 17.1. The molecular weight excluding hydrogens is 314 g/mol. The maximum absolute atomic E-state index is 13.0. The van der Waals surface area contributed by atoms with Gasteiger partial charge in [-0.25, -0.2) is 9.97 Å². The summed E-state index contributed by atoms with van der Waals surface area (Å²) in [4.78, 5) is 25.8. The summed E-state index contributed by atoms with van der Waals surface area (Å²) in [5, 5.41) is 3.16. The first-order valence-corrected chi connectivity index (χ1v) is 8.35. The number of aryl methyl sites for hydroxylation is 1. The number of nitrogens with zero attached hydrogens (tertiary/aromatic N) is 4. The molecule has 25 heavy (non-hydrogen) atoms. The summed E-state index contributed by atoms with van der Waals surface area (Å²) in [6.45, 7) is 8.30. The zero-order valence-corrected chi connectivity index (χ0v) is 15.0. The van der Waals surface area contributed by atoms with Crippen molar-refractivity contribution < 1.29 is 4.79 Å². The fourth-order valence-electron chi connectivity index (χ4n) is 2.94. The van der Waals surface area contributed by atoms with Crippen LogP contribution in [0.2, 0.25) is 0 Å². The van der Waals surface area contributed by atoms with Crippen molar-refractivity contribution in [3.05, 3.63) is 59.9 Å². The molecule has 0 radical (unpaired) electrons. The van der Waals surface area contributed by atoms with E-state index in [0.717, 1.165) is 12.0 Å². The molecule has 0 bridgehead atoms. The molecule has 3 rings (SSSR count). The molecule has 1 amide bonds. The van der Waals surface area contributed by atoms with E-state index in [1.807, 2.05) is 19.1 Å². The van der Waals surface area contributed by atoms with Crippen LogP contribution in [0.25, 0.3) is 5.78 Å². The molecule has 0 aliphatic rings. The fourth-order valence-corrected chi connectivity index (χ4v) is 2.94. The van der Waals surface area contributed by atoms with Gasteiger partial charge < -0.3 is 5.32 Å². The Morgan fingerprint density at radius 3 is 2.76 bits per heavy atom. The van der Waals surface area contributed by atoms with Gasteiger partial charge in [0, 0.05) is 24.8 Å². The Kier molecular flexibility index (Phi) is 4.53. The Hall–Kier alpha value is -2.76. The molecule has 3 aromatic heterocycles. The molecule has 0 fully saturated rings. The van der Waals surface area contributed by atoms with Crippen LogP contribution in [0.1, 0.15) is 55.0 Å². The van der Waals surface area contributed by atoms with Gasteiger partial charge in [-0.15, -0.1) is 0 Å². The van der Waals surface area contributed by atoms with Crippen LogP contribution in [0.3, 0.4) is 0 Å². The molecule has 1 N–H and O–H groups in total. The zero-order chi connectivity index (χ0) is 18.0. The standard InChI is InChI=1S/C19H23N5O/c1-13-16(24-10-6-9-21-18(24)22-13)17(25)23-15(11-19(2,3)4)14-7-5-8-20-12-14/h5-10,12,15H,11H2,1-4H3,(H,23,25). The van der Waals surface area contributed by atoms with E-state index in [2.05, 4.69) is 41.0 Å². The van der Waals surface area contributed by atoms with Gasteiger partial charge >= 0.3 is 0 Å². The van der Waals surface area contributed by atoms with Crippen LogP contribution in [0.5, 0.6) is 0 Å². The highest BCUT2D eigenvalue weighted by Gasteiger charge is 2.25. The first-order chi connectivity index (χ1) is 11.8. The number of amides is 1. The highest BCUT2D eigenvalue weighted by atomic mass is 16.2. The lowest BCUT2D eigenvalue weighted by Crippen LogP contribution is -2.32. The van der Waals surface area contributed by atoms with Crippen molar-refractivity contribution in [1.29, 1.82) is 0 Å². The van der Waals surface area contributed by atoms with Gasteiger partial charge in [0.25, 0.3) is 5.91 Å². The zero-order valence-electron chi connectivity index (χ0n) is 15.0. The molecular formula is C19H23N5O. The van der Waals surface area contributed by atoms with Crippen molar-refractivity contribution in [2.75, 3.05) is 0 Å². The quantitative estimate of drug-likeness (QED) is 0.792. The first-order valence-electron chi connectivity index (χ1n) is 8.35. The summed E-state index contributed by atoms with van der Waals surface area (Å²) in [7, 11) is 0. The van der Waals surface area contributed by atoms with Gasteiger partial charge in [-0.05, 0) is 36.5 Å². The second kappa shape index (κ2) is 6.63. The summed E-state index contributed by atoms with van der Waals surface area (Å²) in [5.74, 6) is 0.370. The molecule has 6 heteroatoms. The van der Waals surface area contributed by atoms with Crippen LogP contribution < -0.4 is 5.32 Å². The minimum absolute atomic E-state index is 0.0594. The normalized spacial score (nSPS) is 13.0. The van der Waals surface area contributed by atoms with E-state index in [9.17, 15) is 4.79 Å². The van der Waals surface area contributed by atoms with Crippen molar-refractivity contribution >= 4 is 11.7 Å². The number of carbonyl (C=O) groups is 1. The fraction of sp³-hybridized carbons (Fsp3) is 0.368. The monoisotopic (exact) mass is 337 g/mol. The minimum atomic E-state index is -0.156. The van der Waals surface area contributed by atoms with Crippen LogP contribution in [0, 0.1) is 12.3 Å². The van der Waals surface area contributed by atoms with Crippen LogP contribution >= 0.6 is 0 Å². The lowest BCUT2D eigenvalue weighted by Gasteiger charge is -2.27. The van der Waals surface area contributed by atoms with E-state index in [1.165, 1.54) is 0 Å². The molecule has 130 valence electrons. The molecule has 0 aromatic carbocycles. The van der Waals surface area contributed by atoms with E-state index in [0.29, 0.717) is 17.2 Å². The number of aromatic nitrogens is 4. The second-order valence-corrected chi connectivity index (χ2v) is 7.41. The van der Waals surface area contributed by atoms with Gasteiger partial charge in [0.15, 0.2) is 0 Å². The van der Waals surface area contributed by atoms with Crippen LogP contribution in [-0.2, 0) is 0 Å². The Bertz CT molecular complexity index is 880. The number of pyridine rings is 1. The number of nitrogens with one attached hydrogen (secondary N) is 1. The van der Waals surface area contributed by atoms with Crippen molar-refractivity contribution in [2.45, 2.75) is 40.2 Å². The lowest BCUT2D eigenvalue weighted by atomic mass is 9.86. The maximum Gasteiger partial charge on any atom is 0.270 e. The molecule has 0 saturated carbocycles. The number of rotatable bonds is 4. The van der Waals surface area contributed by atoms with Crippen LogP contribution in [-0.4, -0.2) is 25.3 Å². The minimum Gasteiger partial charge on any atom is -0.344 e. The molecule has 6 nitrogen and oxygen atoms in total. The molecule has 0 aliphatic heterocycles. The number of hydrogen-bond acceptors (Lipinski definition) is 4. The molecule has 3 aromatic rings. The third-order valence-corrected chi connectivity index (χ3v) is 4.00. The van der Waals surface area contributed by atoms with Crippen molar-refractivity contribution in [2.24, 2.45) is 5.41 Å². The smallest absolute Gasteiger partial charge is 0.270 e.